The molecule has 18 heavy (non-hydrogen) atoms. The summed E-state index contributed by atoms with van der Waals surface area (Å²) < 4.78 is 0. The van der Waals surface area contributed by atoms with E-state index < -0.39 is 0 Å². The van der Waals surface area contributed by atoms with Crippen molar-refractivity contribution in [2.45, 2.75) is 9.79 Å². The van der Waals surface area contributed by atoms with E-state index in [2.05, 4.69) is 48.5 Å². The molecule has 89 valence electrons. The van der Waals surface area contributed by atoms with Crippen molar-refractivity contribution in [1.29, 1.82) is 0 Å². The van der Waals surface area contributed by atoms with E-state index in [0.717, 1.165) is 0 Å². The van der Waals surface area contributed by atoms with Crippen molar-refractivity contribution in [2.24, 2.45) is 0 Å². The topological polar surface area (TPSA) is 73.3 Å². The van der Waals surface area contributed by atoms with Crippen molar-refractivity contribution in [1.82, 2.24) is 0 Å². The van der Waals surface area contributed by atoms with E-state index in [1.165, 1.54) is 21.6 Å². The molecule has 3 nitrogen and oxygen atoms in total. The Morgan fingerprint density at radius 1 is 0.833 bits per heavy atom. The molecule has 2 N–H and O–H groups in total. The Morgan fingerprint density at radius 2 is 1.11 bits per heavy atom. The van der Waals surface area contributed by atoms with Crippen LogP contribution in [0.25, 0.3) is 0 Å². The van der Waals surface area contributed by atoms with Crippen LogP contribution in [0.3, 0.4) is 0 Å². The van der Waals surface area contributed by atoms with Crippen LogP contribution in [0.4, 0.5) is 0 Å². The summed E-state index contributed by atoms with van der Waals surface area (Å²) in [5.41, 5.74) is 0. The van der Waals surface area contributed by atoms with Crippen LogP contribution in [0, 0.1) is 0 Å². The second-order valence-electron chi connectivity index (χ2n) is 2.89. The van der Waals surface area contributed by atoms with Gasteiger partial charge in [-0.25, -0.2) is 0 Å². The monoisotopic (exact) mass is 287 g/mol. The quantitative estimate of drug-likeness (QED) is 0.381. The van der Waals surface area contributed by atoms with E-state index >= 15 is 0 Å². The first-order valence-corrected chi connectivity index (χ1v) is 5.66. The molecule has 0 aliphatic heterocycles. The van der Waals surface area contributed by atoms with Crippen molar-refractivity contribution >= 4 is 19.4 Å². The summed E-state index contributed by atoms with van der Waals surface area (Å²) in [6, 6.07) is 21.0. The Labute approximate surface area is 155 Å². The summed E-state index contributed by atoms with van der Waals surface area (Å²) in [4.78, 5) is 2.68. The van der Waals surface area contributed by atoms with Gasteiger partial charge in [0.25, 0.3) is 0 Å². The van der Waals surface area contributed by atoms with Gasteiger partial charge in [0.05, 0.1) is 0 Å². The van der Waals surface area contributed by atoms with Gasteiger partial charge in [-0.2, -0.15) is 0 Å². The minimum Gasteiger partial charge on any atom is -0.870 e. The predicted molar refractivity (Wildman–Crippen MR) is 68.1 cm³/mol. The average molecular weight is 287 g/mol. The molecule has 0 atom stereocenters. The van der Waals surface area contributed by atoms with Gasteiger partial charge in [0.2, 0.25) is 0 Å². The van der Waals surface area contributed by atoms with E-state index in [4.69, 9.17) is 10.0 Å². The summed E-state index contributed by atoms with van der Waals surface area (Å²) >= 11 is 1.28. The molecule has 2 aromatic rings. The fourth-order valence-corrected chi connectivity index (χ4v) is 2.09. The first kappa shape index (κ1) is 20.7. The van der Waals surface area contributed by atoms with Gasteiger partial charge in [0.1, 0.15) is 0 Å². The van der Waals surface area contributed by atoms with Gasteiger partial charge >= 0.3 is 51.4 Å². The van der Waals surface area contributed by atoms with Gasteiger partial charge in [-0.3, -0.25) is 0 Å². The molecule has 0 aliphatic rings. The third kappa shape index (κ3) is 9.32. The molecule has 0 heterocycles. The van der Waals surface area contributed by atoms with E-state index in [1.807, 2.05) is 12.1 Å². The zero-order valence-corrected chi connectivity index (χ0v) is 14.1. The largest absolute Gasteiger partial charge is 1.00 e. The molecule has 0 aliphatic carbocycles. The maximum absolute atomic E-state index is 8.36. The van der Waals surface area contributed by atoms with Crippen LogP contribution in [-0.2, 0) is 11.8 Å². The van der Waals surface area contributed by atoms with Gasteiger partial charge in [0.15, 0.2) is 17.5 Å². The van der Waals surface area contributed by atoms with Gasteiger partial charge in [-0.05, 0) is 24.3 Å². The van der Waals surface area contributed by atoms with Crippen molar-refractivity contribution in [3.8, 4) is 0 Å². The Morgan fingerprint density at radius 3 is 1.39 bits per heavy atom. The number of rotatable bonds is 2. The molecule has 0 amide bonds. The second-order valence-corrected chi connectivity index (χ2v) is 4.14. The molecule has 2 rings (SSSR count). The van der Waals surface area contributed by atoms with Crippen molar-refractivity contribution < 1.29 is 66.9 Å². The first-order chi connectivity index (χ1) is 7.86. The molecule has 0 unspecified atom stereocenters. The van der Waals surface area contributed by atoms with E-state index in [0.29, 0.717) is 0 Å². The smallest absolute Gasteiger partial charge is 0.870 e. The third-order valence-corrected chi connectivity index (χ3v) is 2.88. The molecule has 0 fully saturated rings. The summed E-state index contributed by atoms with van der Waals surface area (Å²) in [6.45, 7) is 0. The molecular formula is C12H13BKO3S. The van der Waals surface area contributed by atoms with Crippen molar-refractivity contribution in [3.05, 3.63) is 60.7 Å². The normalized spacial score (nSPS) is 7.89. The molecule has 6 heteroatoms. The summed E-state index contributed by atoms with van der Waals surface area (Å²) in [6.07, 6.45) is 0. The minimum atomic E-state index is -0.250. The fourth-order valence-electron chi connectivity index (χ4n) is 1.15. The number of benzene rings is 2. The van der Waals surface area contributed by atoms with Crippen LogP contribution < -0.4 is 56.4 Å². The van der Waals surface area contributed by atoms with Gasteiger partial charge in [0, 0.05) is 11.8 Å². The van der Waals surface area contributed by atoms with E-state index in [-0.39, 0.29) is 64.5 Å². The molecular weight excluding hydrogens is 274 g/mol. The Bertz CT molecular complexity index is 352. The minimum absolute atomic E-state index is 0. The molecule has 0 bridgehead atoms. The van der Waals surface area contributed by atoms with Crippen LogP contribution in [-0.4, -0.2) is 18.2 Å². The SMILES string of the molecule is [K+].[O-][B]O.[OH-].c1ccc([SH+]c2ccccc2)cc1. The van der Waals surface area contributed by atoms with Gasteiger partial charge < -0.3 is 15.5 Å². The summed E-state index contributed by atoms with van der Waals surface area (Å²) in [7, 11) is -0.250. The Hall–Kier alpha value is 0.371. The molecule has 0 spiro atoms. The van der Waals surface area contributed by atoms with Crippen molar-refractivity contribution in [2.75, 3.05) is 0 Å². The first-order valence-electron chi connectivity index (χ1n) is 4.76. The fraction of sp³-hybridized carbons (Fsp3) is 0. The molecule has 2 aromatic carbocycles. The molecule has 0 aromatic heterocycles. The van der Waals surface area contributed by atoms with Crippen LogP contribution in [0.2, 0.25) is 0 Å². The standard InChI is InChI=1S/C12H10S.BHO2.K.H2O/c1-3-7-11(8-4-1)13-12-9-5-2-6-10-12;2-1-3;;/h1-10H;2H;;1H2/q;-1;+1;. The zero-order chi connectivity index (χ0) is 11.6. The number of thiol groups is 1. The Kier molecular flexibility index (Phi) is 15.9. The Balaban J connectivity index is 0. The van der Waals surface area contributed by atoms with Crippen LogP contribution in [0.15, 0.2) is 70.5 Å². The maximum atomic E-state index is 8.36. The van der Waals surface area contributed by atoms with Gasteiger partial charge in [-0.15, -0.1) is 0 Å². The predicted octanol–water partition coefficient (Wildman–Crippen LogP) is -2.38. The second kappa shape index (κ2) is 13.8. The van der Waals surface area contributed by atoms with Gasteiger partial charge in [-0.1, -0.05) is 36.4 Å². The number of hydrogen-bond acceptors (Lipinski definition) is 3. The zero-order valence-electron chi connectivity index (χ0n) is 10.1. The van der Waals surface area contributed by atoms with E-state index in [9.17, 15) is 0 Å². The molecule has 1 radical (unpaired) electrons. The van der Waals surface area contributed by atoms with Crippen LogP contribution >= 0.6 is 0 Å². The van der Waals surface area contributed by atoms with Crippen LogP contribution in [0.5, 0.6) is 0 Å². The van der Waals surface area contributed by atoms with Crippen LogP contribution in [0.1, 0.15) is 0 Å². The number of hydrogen-bond donors (Lipinski definition) is 1. The molecule has 0 saturated heterocycles. The molecule has 0 saturated carbocycles. The summed E-state index contributed by atoms with van der Waals surface area (Å²) in [5, 5.41) is 15.2. The third-order valence-electron chi connectivity index (χ3n) is 1.77. The maximum Gasteiger partial charge on any atom is 1.00 e. The van der Waals surface area contributed by atoms with Crippen molar-refractivity contribution in [3.63, 3.8) is 0 Å². The average Bonchev–Trinajstić information content (AvgIpc) is 2.33. The van der Waals surface area contributed by atoms with E-state index in [1.54, 1.807) is 0 Å². The summed E-state index contributed by atoms with van der Waals surface area (Å²) in [5.74, 6) is 0.